The van der Waals surface area contributed by atoms with Crippen molar-refractivity contribution in [2.24, 2.45) is 0 Å². The molecular weight excluding hydrogens is 541 g/mol. The third kappa shape index (κ3) is 3.23. The summed E-state index contributed by atoms with van der Waals surface area (Å²) in [5.41, 5.74) is 7.27. The van der Waals surface area contributed by atoms with E-state index in [0.29, 0.717) is 0 Å². The highest BCUT2D eigenvalue weighted by molar-refractivity contribution is 7.25. The third-order valence-corrected chi connectivity index (χ3v) is 10.2. The second kappa shape index (κ2) is 8.57. The smallest absolute Gasteiger partial charge is 0.0548 e. The second-order valence-corrected chi connectivity index (χ2v) is 12.5. The summed E-state index contributed by atoms with van der Waals surface area (Å²) >= 11 is 1.88. The normalized spacial score (nSPS) is 12.2. The van der Waals surface area contributed by atoms with Crippen molar-refractivity contribution in [3.63, 3.8) is 0 Å². The Balaban J connectivity index is 1.26. The van der Waals surface area contributed by atoms with Crippen LogP contribution in [0.3, 0.4) is 0 Å². The Morgan fingerprint density at radius 3 is 1.53 bits per heavy atom. The lowest BCUT2D eigenvalue weighted by molar-refractivity contribution is 1.15. The quantitative estimate of drug-likeness (QED) is 0.198. The maximum absolute atomic E-state index is 2.46. The molecule has 0 bridgehead atoms. The number of hydrogen-bond acceptors (Lipinski definition) is 1. The van der Waals surface area contributed by atoms with Crippen LogP contribution in [0.25, 0.3) is 85.9 Å². The van der Waals surface area contributed by atoms with Gasteiger partial charge in [0.05, 0.1) is 22.1 Å². The van der Waals surface area contributed by atoms with Crippen molar-refractivity contribution in [3.8, 4) is 11.4 Å². The summed E-state index contributed by atoms with van der Waals surface area (Å²) in [7, 11) is 0. The fraction of sp³-hybridized carbons (Fsp3) is 0. The van der Waals surface area contributed by atoms with E-state index in [9.17, 15) is 0 Å². The highest BCUT2D eigenvalue weighted by Gasteiger charge is 2.17. The van der Waals surface area contributed by atoms with Crippen molar-refractivity contribution >= 4 is 85.9 Å². The molecule has 0 unspecified atom stereocenters. The number of nitrogens with zero attached hydrogens (tertiary/aromatic N) is 2. The molecule has 0 fully saturated rings. The lowest BCUT2D eigenvalue weighted by atomic mass is 10.1. The van der Waals surface area contributed by atoms with E-state index in [-0.39, 0.29) is 0 Å². The molecule has 0 atom stereocenters. The molecule has 0 N–H and O–H groups in total. The largest absolute Gasteiger partial charge is 0.309 e. The second-order valence-electron chi connectivity index (χ2n) is 11.4. The molecule has 0 amide bonds. The van der Waals surface area contributed by atoms with Gasteiger partial charge in [0.2, 0.25) is 0 Å². The van der Waals surface area contributed by atoms with E-state index in [0.717, 1.165) is 0 Å². The Morgan fingerprint density at radius 2 is 0.837 bits per heavy atom. The van der Waals surface area contributed by atoms with E-state index in [1.54, 1.807) is 0 Å². The van der Waals surface area contributed by atoms with Gasteiger partial charge in [-0.25, -0.2) is 0 Å². The Bertz CT molecular complexity index is 2670. The average Bonchev–Trinajstić information content (AvgIpc) is 3.70. The first-order valence-corrected chi connectivity index (χ1v) is 15.5. The van der Waals surface area contributed by atoms with Gasteiger partial charge in [-0.15, -0.1) is 11.3 Å². The number of rotatable bonds is 2. The number of para-hydroxylation sites is 2. The van der Waals surface area contributed by atoms with Crippen molar-refractivity contribution in [2.75, 3.05) is 0 Å². The summed E-state index contributed by atoms with van der Waals surface area (Å²) < 4.78 is 7.51. The van der Waals surface area contributed by atoms with E-state index in [1.165, 1.54) is 85.9 Å². The first-order valence-electron chi connectivity index (χ1n) is 14.7. The van der Waals surface area contributed by atoms with Crippen LogP contribution in [-0.4, -0.2) is 9.13 Å². The van der Waals surface area contributed by atoms with Crippen LogP contribution in [0.15, 0.2) is 146 Å². The summed E-state index contributed by atoms with van der Waals surface area (Å²) in [6, 6.07) is 53.5. The summed E-state index contributed by atoms with van der Waals surface area (Å²) in [5, 5.41) is 10.3. The van der Waals surface area contributed by atoms with Crippen molar-refractivity contribution in [3.05, 3.63) is 146 Å². The topological polar surface area (TPSA) is 9.86 Å². The van der Waals surface area contributed by atoms with Crippen molar-refractivity contribution in [1.82, 2.24) is 9.13 Å². The first kappa shape index (κ1) is 23.2. The molecule has 2 nitrogen and oxygen atoms in total. The van der Waals surface area contributed by atoms with E-state index in [4.69, 9.17) is 0 Å². The van der Waals surface area contributed by atoms with Crippen LogP contribution in [0.1, 0.15) is 0 Å². The molecule has 0 saturated carbocycles. The molecule has 10 rings (SSSR count). The van der Waals surface area contributed by atoms with E-state index in [2.05, 4.69) is 155 Å². The van der Waals surface area contributed by atoms with Gasteiger partial charge in [0.25, 0.3) is 0 Å². The fourth-order valence-corrected chi connectivity index (χ4v) is 8.28. The van der Waals surface area contributed by atoms with Gasteiger partial charge in [0.1, 0.15) is 0 Å². The zero-order valence-corrected chi connectivity index (χ0v) is 24.0. The number of benzene rings is 7. The van der Waals surface area contributed by atoms with Crippen LogP contribution in [0.4, 0.5) is 0 Å². The van der Waals surface area contributed by atoms with Crippen molar-refractivity contribution < 1.29 is 0 Å². The van der Waals surface area contributed by atoms with Gasteiger partial charge in [-0.05, 0) is 77.5 Å². The molecular formula is C40H24N2S. The van der Waals surface area contributed by atoms with Gasteiger partial charge in [-0.2, -0.15) is 0 Å². The average molecular weight is 565 g/mol. The van der Waals surface area contributed by atoms with E-state index >= 15 is 0 Å². The lowest BCUT2D eigenvalue weighted by Crippen LogP contribution is -1.97. The molecule has 0 saturated heterocycles. The molecule has 0 aliphatic rings. The van der Waals surface area contributed by atoms with Gasteiger partial charge in [0, 0.05) is 53.1 Å². The Morgan fingerprint density at radius 1 is 0.326 bits per heavy atom. The molecule has 43 heavy (non-hydrogen) atoms. The molecule has 200 valence electrons. The molecule has 0 aliphatic carbocycles. The Hall–Kier alpha value is -5.38. The van der Waals surface area contributed by atoms with Crippen molar-refractivity contribution in [1.29, 1.82) is 0 Å². The highest BCUT2D eigenvalue weighted by Crippen LogP contribution is 2.42. The monoisotopic (exact) mass is 564 g/mol. The number of thiophene rings is 1. The number of hydrogen-bond donors (Lipinski definition) is 0. The fourth-order valence-electron chi connectivity index (χ4n) is 7.15. The molecule has 7 aromatic carbocycles. The minimum atomic E-state index is 1.17. The van der Waals surface area contributed by atoms with Gasteiger partial charge >= 0.3 is 0 Å². The van der Waals surface area contributed by atoms with Gasteiger partial charge in [-0.1, -0.05) is 78.9 Å². The number of aromatic nitrogens is 2. The third-order valence-electron chi connectivity index (χ3n) is 9.08. The summed E-state index contributed by atoms with van der Waals surface area (Å²) in [6.45, 7) is 0. The predicted molar refractivity (Wildman–Crippen MR) is 186 cm³/mol. The van der Waals surface area contributed by atoms with Crippen LogP contribution in [-0.2, 0) is 0 Å². The summed E-state index contributed by atoms with van der Waals surface area (Å²) in [5.74, 6) is 0. The van der Waals surface area contributed by atoms with E-state index < -0.39 is 0 Å². The van der Waals surface area contributed by atoms with Crippen LogP contribution in [0, 0.1) is 0 Å². The van der Waals surface area contributed by atoms with E-state index in [1.807, 2.05) is 11.3 Å². The van der Waals surface area contributed by atoms with Crippen LogP contribution < -0.4 is 0 Å². The molecule has 0 aliphatic heterocycles. The zero-order valence-electron chi connectivity index (χ0n) is 23.2. The molecule has 10 aromatic rings. The van der Waals surface area contributed by atoms with Crippen LogP contribution in [0.2, 0.25) is 0 Å². The standard InChI is InChI=1S/C40H24N2S/c1-2-10-26-22-37-32(21-25(26)9-1)33-24-40-34(31-13-5-8-16-39(31)43-40)23-38(33)42(37)28-19-17-27(18-20-28)41-35-14-6-3-11-29(35)30-12-4-7-15-36(30)41/h1-24H. The molecule has 0 radical (unpaired) electrons. The Labute approximate surface area is 251 Å². The van der Waals surface area contributed by atoms with Gasteiger partial charge in [0.15, 0.2) is 0 Å². The summed E-state index contributed by atoms with van der Waals surface area (Å²) in [6.07, 6.45) is 0. The maximum atomic E-state index is 2.46. The number of fused-ring (bicyclic) bond motifs is 10. The SMILES string of the molecule is c1ccc2cc3c(cc2c1)c1cc2sc4ccccc4c2cc1n3-c1ccc(-n2c3ccccc3c3ccccc32)cc1. The summed E-state index contributed by atoms with van der Waals surface area (Å²) in [4.78, 5) is 0. The predicted octanol–water partition coefficient (Wildman–Crippen LogP) is 11.4. The zero-order chi connectivity index (χ0) is 28.1. The maximum Gasteiger partial charge on any atom is 0.0548 e. The van der Waals surface area contributed by atoms with Crippen molar-refractivity contribution in [2.45, 2.75) is 0 Å². The van der Waals surface area contributed by atoms with Crippen LogP contribution >= 0.6 is 11.3 Å². The minimum Gasteiger partial charge on any atom is -0.309 e. The first-order chi connectivity index (χ1) is 21.3. The van der Waals surface area contributed by atoms with Gasteiger partial charge in [-0.3, -0.25) is 0 Å². The molecule has 3 heterocycles. The molecule has 3 aromatic heterocycles. The molecule has 0 spiro atoms. The highest BCUT2D eigenvalue weighted by atomic mass is 32.1. The van der Waals surface area contributed by atoms with Gasteiger partial charge < -0.3 is 9.13 Å². The van der Waals surface area contributed by atoms with Crippen LogP contribution in [0.5, 0.6) is 0 Å². The lowest BCUT2D eigenvalue weighted by Gasteiger charge is -2.12. The minimum absolute atomic E-state index is 1.17. The Kier molecular flexibility index (Phi) is 4.63. The molecule has 3 heteroatoms.